The van der Waals surface area contributed by atoms with Gasteiger partial charge in [-0.2, -0.15) is 0 Å². The van der Waals surface area contributed by atoms with Gasteiger partial charge in [0, 0.05) is 0 Å². The second-order valence-corrected chi connectivity index (χ2v) is 5.30. The van der Waals surface area contributed by atoms with E-state index in [-0.39, 0.29) is 5.43 Å². The quantitative estimate of drug-likeness (QED) is 0.839. The minimum atomic E-state index is -0.0495. The molecule has 1 aliphatic rings. The molecule has 0 N–H and O–H groups in total. The second kappa shape index (κ2) is 5.91. The molecule has 1 fully saturated rings. The van der Waals surface area contributed by atoms with E-state index in [0.29, 0.717) is 18.3 Å². The summed E-state index contributed by atoms with van der Waals surface area (Å²) in [4.78, 5) is 12.0. The molecule has 0 unspecified atom stereocenters. The number of hydrogen-bond donors (Lipinski definition) is 0. The first-order valence-electron chi connectivity index (χ1n) is 7.14. The Morgan fingerprint density at radius 3 is 2.40 bits per heavy atom. The fourth-order valence-electron chi connectivity index (χ4n) is 2.43. The third-order valence-corrected chi connectivity index (χ3v) is 3.91. The third-order valence-electron chi connectivity index (χ3n) is 3.91. The van der Waals surface area contributed by atoms with Crippen molar-refractivity contribution < 1.29 is 4.74 Å². The number of hydrogen-bond acceptors (Lipinski definition) is 2. The highest BCUT2D eigenvalue weighted by Gasteiger charge is 2.18. The van der Waals surface area contributed by atoms with E-state index in [0.717, 1.165) is 5.56 Å². The van der Waals surface area contributed by atoms with Gasteiger partial charge in [0.2, 0.25) is 5.43 Å². The van der Waals surface area contributed by atoms with Crippen LogP contribution >= 0.6 is 0 Å². The Hall–Kier alpha value is -2.09. The lowest BCUT2D eigenvalue weighted by atomic mass is 9.81. The Labute approximate surface area is 119 Å². The van der Waals surface area contributed by atoms with Crippen molar-refractivity contribution >= 4 is 0 Å². The molecule has 2 aromatic rings. The SMILES string of the molecule is O=c1ccc(C2CCC2)ccc1OCc1ccccc1. The lowest BCUT2D eigenvalue weighted by Crippen LogP contribution is -2.07. The molecule has 1 aliphatic carbocycles. The highest BCUT2D eigenvalue weighted by atomic mass is 16.5. The molecule has 0 aliphatic heterocycles. The van der Waals surface area contributed by atoms with E-state index in [1.165, 1.54) is 24.8 Å². The van der Waals surface area contributed by atoms with Crippen molar-refractivity contribution in [1.82, 2.24) is 0 Å². The topological polar surface area (TPSA) is 26.3 Å². The van der Waals surface area contributed by atoms with Crippen LogP contribution in [-0.4, -0.2) is 0 Å². The minimum absolute atomic E-state index is 0.0495. The molecular formula is C18H18O2. The van der Waals surface area contributed by atoms with Gasteiger partial charge < -0.3 is 4.74 Å². The molecule has 3 rings (SSSR count). The molecule has 0 spiro atoms. The molecule has 1 saturated carbocycles. The average molecular weight is 266 g/mol. The molecule has 0 bridgehead atoms. The van der Waals surface area contributed by atoms with E-state index >= 15 is 0 Å². The van der Waals surface area contributed by atoms with Crippen LogP contribution < -0.4 is 10.2 Å². The van der Waals surface area contributed by atoms with Crippen molar-refractivity contribution in [3.05, 3.63) is 75.9 Å². The van der Waals surface area contributed by atoms with E-state index in [1.54, 1.807) is 6.07 Å². The zero-order valence-electron chi connectivity index (χ0n) is 11.4. The van der Waals surface area contributed by atoms with Gasteiger partial charge in [-0.05, 0) is 42.0 Å². The van der Waals surface area contributed by atoms with E-state index < -0.39 is 0 Å². The molecule has 0 saturated heterocycles. The maximum absolute atomic E-state index is 12.0. The van der Waals surface area contributed by atoms with Gasteiger partial charge in [-0.15, -0.1) is 0 Å². The molecule has 20 heavy (non-hydrogen) atoms. The Kier molecular flexibility index (Phi) is 3.82. The highest BCUT2D eigenvalue weighted by Crippen LogP contribution is 2.35. The van der Waals surface area contributed by atoms with Gasteiger partial charge in [0.05, 0.1) is 0 Å². The first kappa shape index (κ1) is 12.9. The van der Waals surface area contributed by atoms with Crippen LogP contribution in [0.3, 0.4) is 0 Å². The summed E-state index contributed by atoms with van der Waals surface area (Å²) in [7, 11) is 0. The zero-order valence-corrected chi connectivity index (χ0v) is 11.4. The Balaban J connectivity index is 1.76. The van der Waals surface area contributed by atoms with Gasteiger partial charge in [0.1, 0.15) is 6.61 Å². The van der Waals surface area contributed by atoms with Crippen molar-refractivity contribution in [2.75, 3.05) is 0 Å². The normalized spacial score (nSPS) is 14.6. The number of benzene rings is 1. The molecule has 0 aromatic heterocycles. The summed E-state index contributed by atoms with van der Waals surface area (Å²) in [6, 6.07) is 17.3. The van der Waals surface area contributed by atoms with E-state index in [1.807, 2.05) is 48.5 Å². The predicted molar refractivity (Wildman–Crippen MR) is 80.1 cm³/mol. The van der Waals surface area contributed by atoms with Crippen molar-refractivity contribution in [1.29, 1.82) is 0 Å². The molecule has 2 aromatic carbocycles. The second-order valence-electron chi connectivity index (χ2n) is 5.30. The van der Waals surface area contributed by atoms with Gasteiger partial charge in [0.15, 0.2) is 5.75 Å². The van der Waals surface area contributed by atoms with Crippen molar-refractivity contribution in [2.45, 2.75) is 31.8 Å². The van der Waals surface area contributed by atoms with Gasteiger partial charge in [-0.1, -0.05) is 48.9 Å². The van der Waals surface area contributed by atoms with Crippen molar-refractivity contribution in [2.24, 2.45) is 0 Å². The van der Waals surface area contributed by atoms with Crippen LogP contribution in [0.2, 0.25) is 0 Å². The molecule has 2 nitrogen and oxygen atoms in total. The summed E-state index contributed by atoms with van der Waals surface area (Å²) in [5.74, 6) is 1.06. The van der Waals surface area contributed by atoms with Crippen LogP contribution in [-0.2, 0) is 6.61 Å². The number of rotatable bonds is 4. The van der Waals surface area contributed by atoms with Crippen LogP contribution in [0.1, 0.15) is 36.3 Å². The molecule has 0 radical (unpaired) electrons. The Morgan fingerprint density at radius 2 is 1.70 bits per heavy atom. The predicted octanol–water partition coefficient (Wildman–Crippen LogP) is 3.89. The standard InChI is InChI=1S/C18H18O2/c19-17-11-9-16(15-7-4-8-15)10-12-18(17)20-13-14-5-2-1-3-6-14/h1-3,5-6,9-12,15H,4,7-8,13H2. The smallest absolute Gasteiger partial charge is 0.220 e. The molecule has 2 heteroatoms. The molecule has 0 amide bonds. The van der Waals surface area contributed by atoms with Crippen LogP contribution in [0.25, 0.3) is 0 Å². The fraction of sp³-hybridized carbons (Fsp3) is 0.278. The summed E-state index contributed by atoms with van der Waals surface area (Å²) in [6.45, 7) is 0.429. The van der Waals surface area contributed by atoms with Gasteiger partial charge in [0.25, 0.3) is 0 Å². The summed E-state index contributed by atoms with van der Waals surface area (Å²) >= 11 is 0. The maximum Gasteiger partial charge on any atom is 0.220 e. The summed E-state index contributed by atoms with van der Waals surface area (Å²) in [5, 5.41) is 0. The fourth-order valence-corrected chi connectivity index (χ4v) is 2.43. The molecular weight excluding hydrogens is 248 g/mol. The van der Waals surface area contributed by atoms with E-state index in [4.69, 9.17) is 4.74 Å². The van der Waals surface area contributed by atoms with Crippen molar-refractivity contribution in [3.63, 3.8) is 0 Å². The van der Waals surface area contributed by atoms with Crippen molar-refractivity contribution in [3.8, 4) is 5.75 Å². The van der Waals surface area contributed by atoms with E-state index in [9.17, 15) is 4.79 Å². The molecule has 102 valence electrons. The first-order chi connectivity index (χ1) is 9.83. The Bertz CT molecular complexity index is 630. The summed E-state index contributed by atoms with van der Waals surface area (Å²) in [5.41, 5.74) is 2.27. The molecule has 0 heterocycles. The van der Waals surface area contributed by atoms with Crippen LogP contribution in [0.15, 0.2) is 59.4 Å². The van der Waals surface area contributed by atoms with Crippen LogP contribution in [0.4, 0.5) is 0 Å². The highest BCUT2D eigenvalue weighted by molar-refractivity contribution is 5.28. The van der Waals surface area contributed by atoms with E-state index in [2.05, 4.69) is 0 Å². The monoisotopic (exact) mass is 266 g/mol. The van der Waals surface area contributed by atoms with Gasteiger partial charge in [-0.3, -0.25) is 4.79 Å². The van der Waals surface area contributed by atoms with Gasteiger partial charge >= 0.3 is 0 Å². The lowest BCUT2D eigenvalue weighted by molar-refractivity contribution is 0.303. The number of ether oxygens (including phenoxy) is 1. The molecule has 0 atom stereocenters. The summed E-state index contributed by atoms with van der Waals surface area (Å²) < 4.78 is 5.66. The van der Waals surface area contributed by atoms with Crippen LogP contribution in [0.5, 0.6) is 5.75 Å². The third kappa shape index (κ3) is 2.90. The minimum Gasteiger partial charge on any atom is -0.485 e. The zero-order chi connectivity index (χ0) is 13.8. The maximum atomic E-state index is 12.0. The largest absolute Gasteiger partial charge is 0.485 e. The Morgan fingerprint density at radius 1 is 0.950 bits per heavy atom. The van der Waals surface area contributed by atoms with Crippen LogP contribution in [0, 0.1) is 0 Å². The summed E-state index contributed by atoms with van der Waals surface area (Å²) in [6.07, 6.45) is 3.77. The average Bonchev–Trinajstić information content (AvgIpc) is 2.59. The van der Waals surface area contributed by atoms with Gasteiger partial charge in [-0.25, -0.2) is 0 Å². The lowest BCUT2D eigenvalue weighted by Gasteiger charge is -2.24. The first-order valence-corrected chi connectivity index (χ1v) is 7.14.